The number of carbonyl (C=O) groups excluding carboxylic acids is 1. The van der Waals surface area contributed by atoms with Crippen molar-refractivity contribution in [2.75, 3.05) is 0 Å². The fourth-order valence-corrected chi connectivity index (χ4v) is 2.33. The number of benzene rings is 2. The fourth-order valence-electron chi connectivity index (χ4n) is 2.33. The smallest absolute Gasteiger partial charge is 0.291 e. The highest BCUT2D eigenvalue weighted by Crippen LogP contribution is 2.28. The Labute approximate surface area is 132 Å². The zero-order chi connectivity index (χ0) is 16.4. The van der Waals surface area contributed by atoms with Crippen molar-refractivity contribution in [3.05, 3.63) is 59.4 Å². The summed E-state index contributed by atoms with van der Waals surface area (Å²) in [6, 6.07) is 12.9. The molecule has 1 amide bonds. The number of aromatic hydroxyl groups is 1. The monoisotopic (exact) mass is 308 g/mol. The number of carbonyl (C=O) groups is 1. The number of hydrogen-bond acceptors (Lipinski definition) is 4. The van der Waals surface area contributed by atoms with E-state index in [9.17, 15) is 9.90 Å². The summed E-state index contributed by atoms with van der Waals surface area (Å²) < 4.78 is 0. The molecule has 1 aromatic heterocycles. The second-order valence-corrected chi connectivity index (χ2v) is 5.26. The Morgan fingerprint density at radius 2 is 2.04 bits per heavy atom. The molecular weight excluding hydrogens is 292 g/mol. The van der Waals surface area contributed by atoms with Crippen molar-refractivity contribution in [1.82, 2.24) is 15.6 Å². The topological polar surface area (TPSA) is 90.4 Å². The number of nitrogens with zero attached hydrogens (tertiary/aromatic N) is 2. The molecule has 0 unspecified atom stereocenters. The Morgan fingerprint density at radius 1 is 1.26 bits per heavy atom. The van der Waals surface area contributed by atoms with E-state index in [2.05, 4.69) is 20.7 Å². The van der Waals surface area contributed by atoms with Crippen LogP contribution >= 0.6 is 0 Å². The third-order valence-electron chi connectivity index (χ3n) is 3.55. The first-order chi connectivity index (χ1) is 11.1. The molecule has 116 valence electrons. The van der Waals surface area contributed by atoms with Crippen LogP contribution in [0, 0.1) is 6.92 Å². The number of nitrogens with one attached hydrogen (secondary N) is 2. The van der Waals surface area contributed by atoms with Crippen molar-refractivity contribution in [1.29, 1.82) is 0 Å². The minimum atomic E-state index is -0.408. The average molecular weight is 308 g/mol. The van der Waals surface area contributed by atoms with Crippen LogP contribution in [0.15, 0.2) is 47.6 Å². The minimum Gasteiger partial charge on any atom is -0.507 e. The van der Waals surface area contributed by atoms with Crippen LogP contribution in [-0.4, -0.2) is 26.9 Å². The first-order valence-electron chi connectivity index (χ1n) is 7.14. The SMILES string of the molecule is C/C(=N/NC(=O)c1cc(C)[nH]n1)c1ccc2ccccc2c1O. The first-order valence-corrected chi connectivity index (χ1v) is 7.14. The van der Waals surface area contributed by atoms with Gasteiger partial charge >= 0.3 is 0 Å². The standard InChI is InChI=1S/C17H16N4O2/c1-10-9-15(20-18-10)17(23)21-19-11(2)13-8-7-12-5-3-4-6-14(12)16(13)22/h3-9,22H,1-2H3,(H,18,20)(H,21,23)/b19-11-. The van der Waals surface area contributed by atoms with Gasteiger partial charge in [0.15, 0.2) is 5.69 Å². The summed E-state index contributed by atoms with van der Waals surface area (Å²) in [6.45, 7) is 3.53. The molecule has 3 aromatic rings. The van der Waals surface area contributed by atoms with Crippen LogP contribution in [0.25, 0.3) is 10.8 Å². The molecule has 0 spiro atoms. The van der Waals surface area contributed by atoms with E-state index in [4.69, 9.17) is 0 Å². The average Bonchev–Trinajstić information content (AvgIpc) is 2.99. The number of rotatable bonds is 3. The van der Waals surface area contributed by atoms with Crippen LogP contribution < -0.4 is 5.43 Å². The van der Waals surface area contributed by atoms with Crippen LogP contribution in [0.4, 0.5) is 0 Å². The van der Waals surface area contributed by atoms with Gasteiger partial charge in [0.25, 0.3) is 5.91 Å². The number of H-pyrrole nitrogens is 1. The highest BCUT2D eigenvalue weighted by molar-refractivity contribution is 6.06. The second kappa shape index (κ2) is 5.92. The van der Waals surface area contributed by atoms with Gasteiger partial charge in [-0.3, -0.25) is 9.89 Å². The number of hydrogen-bond donors (Lipinski definition) is 3. The molecule has 0 saturated carbocycles. The number of aromatic amines is 1. The Bertz CT molecular complexity index is 912. The first kappa shape index (κ1) is 14.8. The van der Waals surface area contributed by atoms with E-state index >= 15 is 0 Å². The molecule has 0 bridgehead atoms. The minimum absolute atomic E-state index is 0.147. The van der Waals surface area contributed by atoms with Crippen molar-refractivity contribution in [2.45, 2.75) is 13.8 Å². The molecular formula is C17H16N4O2. The fraction of sp³-hybridized carbons (Fsp3) is 0.118. The maximum Gasteiger partial charge on any atom is 0.291 e. The maximum atomic E-state index is 11.9. The van der Waals surface area contributed by atoms with E-state index < -0.39 is 5.91 Å². The molecule has 3 N–H and O–H groups in total. The molecule has 1 heterocycles. The predicted octanol–water partition coefficient (Wildman–Crippen LogP) is 2.73. The van der Waals surface area contributed by atoms with Crippen molar-refractivity contribution in [3.63, 3.8) is 0 Å². The maximum absolute atomic E-state index is 11.9. The zero-order valence-corrected chi connectivity index (χ0v) is 12.8. The lowest BCUT2D eigenvalue weighted by Crippen LogP contribution is -2.19. The van der Waals surface area contributed by atoms with Gasteiger partial charge in [-0.05, 0) is 31.4 Å². The molecule has 0 saturated heterocycles. The van der Waals surface area contributed by atoms with Gasteiger partial charge in [0.1, 0.15) is 5.75 Å². The van der Waals surface area contributed by atoms with E-state index in [1.807, 2.05) is 37.3 Å². The third-order valence-corrected chi connectivity index (χ3v) is 3.55. The summed E-state index contributed by atoms with van der Waals surface area (Å²) in [4.78, 5) is 11.9. The van der Waals surface area contributed by atoms with E-state index in [1.165, 1.54) is 0 Å². The van der Waals surface area contributed by atoms with Gasteiger partial charge in [-0.25, -0.2) is 5.43 Å². The highest BCUT2D eigenvalue weighted by atomic mass is 16.3. The molecule has 6 nitrogen and oxygen atoms in total. The summed E-state index contributed by atoms with van der Waals surface area (Å²) in [5.41, 5.74) is 4.58. The van der Waals surface area contributed by atoms with Gasteiger partial charge in [-0.1, -0.05) is 30.3 Å². The Hall–Kier alpha value is -3.15. The lowest BCUT2D eigenvalue weighted by atomic mass is 10.0. The molecule has 0 fully saturated rings. The van der Waals surface area contributed by atoms with Gasteiger partial charge in [0, 0.05) is 16.6 Å². The molecule has 3 rings (SSSR count). The summed E-state index contributed by atoms with van der Waals surface area (Å²) in [6.07, 6.45) is 0. The molecule has 0 aliphatic heterocycles. The van der Waals surface area contributed by atoms with Gasteiger partial charge in [0.05, 0.1) is 5.71 Å². The summed E-state index contributed by atoms with van der Waals surface area (Å²) >= 11 is 0. The highest BCUT2D eigenvalue weighted by Gasteiger charge is 2.11. The quantitative estimate of drug-likeness (QED) is 0.513. The van der Waals surface area contributed by atoms with Crippen LogP contribution in [0.5, 0.6) is 5.75 Å². The lowest BCUT2D eigenvalue weighted by Gasteiger charge is -2.07. The van der Waals surface area contributed by atoms with E-state index in [-0.39, 0.29) is 11.4 Å². The summed E-state index contributed by atoms with van der Waals surface area (Å²) in [5.74, 6) is -0.261. The van der Waals surface area contributed by atoms with E-state index in [1.54, 1.807) is 19.1 Å². The number of phenolic OH excluding ortho intramolecular Hbond substituents is 1. The number of phenols is 1. The predicted molar refractivity (Wildman–Crippen MR) is 88.6 cm³/mol. The summed E-state index contributed by atoms with van der Waals surface area (Å²) in [5, 5.41) is 22.7. The molecule has 0 atom stereocenters. The molecule has 23 heavy (non-hydrogen) atoms. The van der Waals surface area contributed by atoms with E-state index in [0.29, 0.717) is 11.3 Å². The lowest BCUT2D eigenvalue weighted by molar-refractivity contribution is 0.0950. The second-order valence-electron chi connectivity index (χ2n) is 5.26. The number of hydrazone groups is 1. The van der Waals surface area contributed by atoms with E-state index in [0.717, 1.165) is 16.5 Å². The van der Waals surface area contributed by atoms with Crippen molar-refractivity contribution >= 4 is 22.4 Å². The third kappa shape index (κ3) is 2.91. The van der Waals surface area contributed by atoms with Crippen molar-refractivity contribution in [3.8, 4) is 5.75 Å². The Morgan fingerprint density at radius 3 is 2.78 bits per heavy atom. The van der Waals surface area contributed by atoms with Gasteiger partial charge < -0.3 is 5.11 Å². The van der Waals surface area contributed by atoms with Crippen molar-refractivity contribution < 1.29 is 9.90 Å². The number of amides is 1. The number of aryl methyl sites for hydroxylation is 1. The molecule has 0 aliphatic rings. The Balaban J connectivity index is 1.86. The van der Waals surface area contributed by atoms with Gasteiger partial charge in [-0.2, -0.15) is 10.2 Å². The van der Waals surface area contributed by atoms with Gasteiger partial charge in [0.2, 0.25) is 0 Å². The Kier molecular flexibility index (Phi) is 3.80. The van der Waals surface area contributed by atoms with Crippen molar-refractivity contribution in [2.24, 2.45) is 5.10 Å². The van der Waals surface area contributed by atoms with Crippen LogP contribution in [0.3, 0.4) is 0 Å². The zero-order valence-electron chi connectivity index (χ0n) is 12.8. The van der Waals surface area contributed by atoms with Crippen LogP contribution in [-0.2, 0) is 0 Å². The number of aromatic nitrogens is 2. The molecule has 0 aliphatic carbocycles. The molecule has 0 radical (unpaired) electrons. The van der Waals surface area contributed by atoms with Crippen LogP contribution in [0.2, 0.25) is 0 Å². The van der Waals surface area contributed by atoms with Gasteiger partial charge in [-0.15, -0.1) is 0 Å². The molecule has 6 heteroatoms. The van der Waals surface area contributed by atoms with Crippen LogP contribution in [0.1, 0.15) is 28.7 Å². The summed E-state index contributed by atoms with van der Waals surface area (Å²) in [7, 11) is 0. The number of fused-ring (bicyclic) bond motifs is 1. The largest absolute Gasteiger partial charge is 0.507 e. The normalized spacial score (nSPS) is 11.7. The molecule has 2 aromatic carbocycles.